The number of carboxylic acids is 1. The van der Waals surface area contributed by atoms with Crippen LogP contribution in [-0.4, -0.2) is 11.0 Å². The second-order valence-corrected chi connectivity index (χ2v) is 4.49. The van der Waals surface area contributed by atoms with Crippen LogP contribution in [0.1, 0.15) is 5.69 Å². The molecule has 1 heterocycles. The molecule has 0 N–H and O–H groups in total. The minimum Gasteiger partial charge on any atom is -0.550 e. The van der Waals surface area contributed by atoms with E-state index in [4.69, 9.17) is 11.6 Å². The minimum atomic E-state index is -1.12. The zero-order valence-corrected chi connectivity index (χ0v) is 9.72. The lowest BCUT2D eigenvalue weighted by atomic mass is 10.2. The molecule has 0 spiro atoms. The average Bonchev–Trinajstić information content (AvgIpc) is 2.66. The van der Waals surface area contributed by atoms with Gasteiger partial charge in [-0.1, -0.05) is 23.7 Å². The summed E-state index contributed by atoms with van der Waals surface area (Å²) in [7, 11) is 0. The fourth-order valence-electron chi connectivity index (χ4n) is 1.26. The Morgan fingerprint density at radius 1 is 1.38 bits per heavy atom. The molecule has 1 aromatic heterocycles. The fraction of sp³-hybridized carbons (Fsp3) is 0.0909. The van der Waals surface area contributed by atoms with Gasteiger partial charge in [-0.15, -0.1) is 11.3 Å². The third-order valence-corrected chi connectivity index (χ3v) is 3.16. The summed E-state index contributed by atoms with van der Waals surface area (Å²) in [6.45, 7) is 0. The highest BCUT2D eigenvalue weighted by Crippen LogP contribution is 2.25. The Bertz CT molecular complexity index is 507. The molecule has 0 aliphatic heterocycles. The van der Waals surface area contributed by atoms with E-state index >= 15 is 0 Å². The van der Waals surface area contributed by atoms with Crippen molar-refractivity contribution in [1.82, 2.24) is 4.98 Å². The molecular formula is C11H7ClNO2S-. The molecule has 0 saturated heterocycles. The van der Waals surface area contributed by atoms with Crippen LogP contribution in [0.5, 0.6) is 0 Å². The lowest BCUT2D eigenvalue weighted by Crippen LogP contribution is -2.24. The Morgan fingerprint density at radius 2 is 2.06 bits per heavy atom. The quantitative estimate of drug-likeness (QED) is 0.836. The molecule has 5 heteroatoms. The molecule has 0 unspecified atom stereocenters. The molecule has 0 saturated carbocycles. The summed E-state index contributed by atoms with van der Waals surface area (Å²) < 4.78 is 0. The van der Waals surface area contributed by atoms with Gasteiger partial charge in [0.2, 0.25) is 0 Å². The van der Waals surface area contributed by atoms with Crippen LogP contribution in [0.25, 0.3) is 10.6 Å². The maximum absolute atomic E-state index is 10.4. The molecule has 16 heavy (non-hydrogen) atoms. The molecule has 1 aromatic carbocycles. The van der Waals surface area contributed by atoms with Crippen LogP contribution in [0.15, 0.2) is 29.6 Å². The molecule has 82 valence electrons. The largest absolute Gasteiger partial charge is 0.550 e. The number of aliphatic carboxylic acids is 1. The van der Waals surface area contributed by atoms with E-state index in [1.165, 1.54) is 11.3 Å². The van der Waals surface area contributed by atoms with E-state index in [0.29, 0.717) is 10.7 Å². The predicted molar refractivity (Wildman–Crippen MR) is 61.3 cm³/mol. The van der Waals surface area contributed by atoms with Gasteiger partial charge in [0.1, 0.15) is 5.01 Å². The zero-order valence-electron chi connectivity index (χ0n) is 8.14. The van der Waals surface area contributed by atoms with Gasteiger partial charge >= 0.3 is 0 Å². The highest BCUT2D eigenvalue weighted by atomic mass is 35.5. The van der Waals surface area contributed by atoms with Gasteiger partial charge in [-0.3, -0.25) is 0 Å². The summed E-state index contributed by atoms with van der Waals surface area (Å²) in [6, 6.07) is 7.25. The number of nitrogens with zero attached hydrogens (tertiary/aromatic N) is 1. The normalized spacial score (nSPS) is 10.3. The Balaban J connectivity index is 2.24. The monoisotopic (exact) mass is 252 g/mol. The van der Waals surface area contributed by atoms with Gasteiger partial charge in [0.05, 0.1) is 5.69 Å². The summed E-state index contributed by atoms with van der Waals surface area (Å²) in [6.07, 6.45) is -0.149. The molecule has 0 bridgehead atoms. The summed E-state index contributed by atoms with van der Waals surface area (Å²) in [4.78, 5) is 14.6. The number of carboxylic acid groups (broad SMARTS) is 1. The van der Waals surface area contributed by atoms with E-state index in [9.17, 15) is 9.90 Å². The van der Waals surface area contributed by atoms with E-state index in [-0.39, 0.29) is 6.42 Å². The Morgan fingerprint density at radius 3 is 2.69 bits per heavy atom. The van der Waals surface area contributed by atoms with Crippen LogP contribution < -0.4 is 5.11 Å². The molecule has 0 aliphatic carbocycles. The number of rotatable bonds is 3. The second-order valence-electron chi connectivity index (χ2n) is 3.20. The summed E-state index contributed by atoms with van der Waals surface area (Å²) in [5.41, 5.74) is 1.45. The zero-order chi connectivity index (χ0) is 11.5. The van der Waals surface area contributed by atoms with Crippen molar-refractivity contribution >= 4 is 28.9 Å². The molecular weight excluding hydrogens is 246 g/mol. The average molecular weight is 253 g/mol. The number of aromatic nitrogens is 1. The Labute approximate surface area is 101 Å². The smallest absolute Gasteiger partial charge is 0.123 e. The number of thiazole rings is 1. The molecule has 3 nitrogen and oxygen atoms in total. The lowest BCUT2D eigenvalue weighted by molar-refractivity contribution is -0.304. The van der Waals surface area contributed by atoms with E-state index in [0.717, 1.165) is 10.6 Å². The topological polar surface area (TPSA) is 53.0 Å². The second kappa shape index (κ2) is 4.63. The number of halogens is 1. The van der Waals surface area contributed by atoms with Gasteiger partial charge in [-0.25, -0.2) is 4.98 Å². The van der Waals surface area contributed by atoms with Crippen molar-refractivity contribution < 1.29 is 9.90 Å². The van der Waals surface area contributed by atoms with Gasteiger partial charge in [-0.05, 0) is 12.1 Å². The molecule has 0 atom stereocenters. The maximum Gasteiger partial charge on any atom is 0.123 e. The van der Waals surface area contributed by atoms with Crippen molar-refractivity contribution in [3.8, 4) is 10.6 Å². The van der Waals surface area contributed by atoms with Crippen molar-refractivity contribution in [2.24, 2.45) is 0 Å². The van der Waals surface area contributed by atoms with Crippen LogP contribution in [0.4, 0.5) is 0 Å². The van der Waals surface area contributed by atoms with Crippen molar-refractivity contribution in [3.63, 3.8) is 0 Å². The standard InChI is InChI=1S/C11H8ClNO2S/c12-8-3-1-7(2-4-8)11-13-9(6-16-11)5-10(14)15/h1-4,6H,5H2,(H,14,15)/p-1. The van der Waals surface area contributed by atoms with Crippen molar-refractivity contribution in [1.29, 1.82) is 0 Å². The van der Waals surface area contributed by atoms with Crippen molar-refractivity contribution in [2.45, 2.75) is 6.42 Å². The van der Waals surface area contributed by atoms with Crippen LogP contribution >= 0.6 is 22.9 Å². The highest BCUT2D eigenvalue weighted by molar-refractivity contribution is 7.13. The molecule has 0 radical (unpaired) electrons. The lowest BCUT2D eigenvalue weighted by Gasteiger charge is -1.97. The molecule has 2 aromatic rings. The van der Waals surface area contributed by atoms with Crippen LogP contribution in [0, 0.1) is 0 Å². The SMILES string of the molecule is O=C([O-])Cc1csc(-c2ccc(Cl)cc2)n1. The van der Waals surface area contributed by atoms with E-state index < -0.39 is 5.97 Å². The Hall–Kier alpha value is -1.39. The number of hydrogen-bond acceptors (Lipinski definition) is 4. The van der Waals surface area contributed by atoms with Gasteiger partial charge in [0.25, 0.3) is 0 Å². The van der Waals surface area contributed by atoms with Gasteiger partial charge < -0.3 is 9.90 Å². The number of carbonyl (C=O) groups is 1. The summed E-state index contributed by atoms with van der Waals surface area (Å²) in [5.74, 6) is -1.12. The van der Waals surface area contributed by atoms with Crippen molar-refractivity contribution in [3.05, 3.63) is 40.4 Å². The Kier molecular flexibility index (Phi) is 3.22. The van der Waals surface area contributed by atoms with E-state index in [1.807, 2.05) is 12.1 Å². The van der Waals surface area contributed by atoms with Gasteiger partial charge in [0, 0.05) is 28.4 Å². The molecule has 2 rings (SSSR count). The fourth-order valence-corrected chi connectivity index (χ4v) is 2.21. The molecule has 0 amide bonds. The minimum absolute atomic E-state index is 0.149. The third kappa shape index (κ3) is 2.59. The van der Waals surface area contributed by atoms with Crippen molar-refractivity contribution in [2.75, 3.05) is 0 Å². The third-order valence-electron chi connectivity index (χ3n) is 1.97. The predicted octanol–water partition coefficient (Wildman–Crippen LogP) is 1.76. The summed E-state index contributed by atoms with van der Waals surface area (Å²) >= 11 is 7.18. The molecule has 0 fully saturated rings. The summed E-state index contributed by atoms with van der Waals surface area (Å²) in [5, 5.41) is 13.6. The van der Waals surface area contributed by atoms with Gasteiger partial charge in [0.15, 0.2) is 0 Å². The van der Waals surface area contributed by atoms with Crippen LogP contribution in [-0.2, 0) is 11.2 Å². The first-order chi connectivity index (χ1) is 7.65. The molecule has 0 aliphatic rings. The number of hydrogen-bond donors (Lipinski definition) is 0. The van der Waals surface area contributed by atoms with Crippen LogP contribution in [0.3, 0.4) is 0 Å². The van der Waals surface area contributed by atoms with Gasteiger partial charge in [-0.2, -0.15) is 0 Å². The first-order valence-corrected chi connectivity index (χ1v) is 5.81. The maximum atomic E-state index is 10.4. The first-order valence-electron chi connectivity index (χ1n) is 4.55. The van der Waals surface area contributed by atoms with E-state index in [2.05, 4.69) is 4.98 Å². The highest BCUT2D eigenvalue weighted by Gasteiger charge is 2.04. The first kappa shape index (κ1) is 11.1. The van der Waals surface area contributed by atoms with E-state index in [1.54, 1.807) is 17.5 Å². The number of carbonyl (C=O) groups excluding carboxylic acids is 1. The van der Waals surface area contributed by atoms with Crippen LogP contribution in [0.2, 0.25) is 5.02 Å². The number of benzene rings is 1.